The van der Waals surface area contributed by atoms with Crippen molar-refractivity contribution in [3.05, 3.63) is 97.2 Å². The SMILES string of the molecule is CC/C=C\C/C=C\C/C=C\C/C=C\C/C=C\C/C=C\CCCCCCCCCCCCC(=O)NC(COP(=O)([O-])OCC[N+](C)(C)C)C(O)/C=C/CC/C=C/CCCCCCCCCCCCCCCCCCCC. The maximum atomic E-state index is 13.0. The Balaban J connectivity index is 4.23. The fourth-order valence-corrected chi connectivity index (χ4v) is 9.43. The highest BCUT2D eigenvalue weighted by molar-refractivity contribution is 7.45. The van der Waals surface area contributed by atoms with E-state index in [-0.39, 0.29) is 12.5 Å². The number of phosphoric ester groups is 1. The molecule has 0 heterocycles. The molecule has 3 unspecified atom stereocenters. The van der Waals surface area contributed by atoms with E-state index in [1.165, 1.54) is 161 Å². The van der Waals surface area contributed by atoms with Crippen LogP contribution in [0.25, 0.3) is 0 Å². The number of hydrogen-bond acceptors (Lipinski definition) is 6. The Morgan fingerprint density at radius 2 is 0.827 bits per heavy atom. The smallest absolute Gasteiger partial charge is 0.268 e. The molecule has 0 saturated carbocycles. The van der Waals surface area contributed by atoms with Crippen LogP contribution in [0, 0.1) is 0 Å². The summed E-state index contributed by atoms with van der Waals surface area (Å²) < 4.78 is 23.4. The summed E-state index contributed by atoms with van der Waals surface area (Å²) in [5.41, 5.74) is 0. The van der Waals surface area contributed by atoms with E-state index in [1.807, 2.05) is 27.2 Å². The van der Waals surface area contributed by atoms with Crippen molar-refractivity contribution in [1.82, 2.24) is 5.32 Å². The first kappa shape index (κ1) is 72.4. The van der Waals surface area contributed by atoms with Crippen LogP contribution >= 0.6 is 7.82 Å². The Morgan fingerprint density at radius 3 is 1.24 bits per heavy atom. The van der Waals surface area contributed by atoms with E-state index in [0.29, 0.717) is 17.4 Å². The van der Waals surface area contributed by atoms with Crippen LogP contribution in [0.1, 0.15) is 264 Å². The molecule has 0 rings (SSSR count). The first-order valence-corrected chi connectivity index (χ1v) is 32.6. The molecule has 0 spiro atoms. The number of aliphatic hydroxyl groups excluding tert-OH is 1. The number of allylic oxidation sites excluding steroid dienone is 15. The van der Waals surface area contributed by atoms with Crippen molar-refractivity contribution in [3.8, 4) is 0 Å². The number of nitrogens with zero attached hydrogens (tertiary/aromatic N) is 1. The van der Waals surface area contributed by atoms with Gasteiger partial charge in [-0.15, -0.1) is 0 Å². The Morgan fingerprint density at radius 1 is 0.480 bits per heavy atom. The Labute approximate surface area is 464 Å². The molecular formula is C66H119N2O6P. The minimum Gasteiger partial charge on any atom is -0.756 e. The van der Waals surface area contributed by atoms with Gasteiger partial charge in [0.05, 0.1) is 39.9 Å². The molecular weight excluding hydrogens is 948 g/mol. The van der Waals surface area contributed by atoms with Crippen LogP contribution in [0.15, 0.2) is 97.2 Å². The van der Waals surface area contributed by atoms with Crippen molar-refractivity contribution in [2.24, 2.45) is 0 Å². The molecule has 75 heavy (non-hydrogen) atoms. The van der Waals surface area contributed by atoms with E-state index in [4.69, 9.17) is 9.05 Å². The quantitative estimate of drug-likeness (QED) is 0.0272. The van der Waals surface area contributed by atoms with Gasteiger partial charge in [0, 0.05) is 6.42 Å². The van der Waals surface area contributed by atoms with Crippen molar-refractivity contribution in [2.45, 2.75) is 276 Å². The zero-order chi connectivity index (χ0) is 54.9. The van der Waals surface area contributed by atoms with Crippen molar-refractivity contribution < 1.29 is 32.9 Å². The molecule has 9 heteroatoms. The van der Waals surface area contributed by atoms with E-state index in [1.54, 1.807) is 6.08 Å². The van der Waals surface area contributed by atoms with Crippen LogP contribution in [0.4, 0.5) is 0 Å². The highest BCUT2D eigenvalue weighted by Gasteiger charge is 2.23. The number of phosphoric acid groups is 1. The molecule has 0 aromatic heterocycles. The second-order valence-electron chi connectivity index (χ2n) is 22.0. The summed E-state index contributed by atoms with van der Waals surface area (Å²) in [5, 5.41) is 13.9. The number of aliphatic hydroxyl groups is 1. The number of carbonyl (C=O) groups excluding carboxylic acids is 1. The topological polar surface area (TPSA) is 108 Å². The second-order valence-corrected chi connectivity index (χ2v) is 23.4. The predicted octanol–water partition coefficient (Wildman–Crippen LogP) is 18.7. The average molecular weight is 1070 g/mol. The molecule has 3 atom stereocenters. The third-order valence-corrected chi connectivity index (χ3v) is 14.5. The second kappa shape index (κ2) is 56.2. The maximum Gasteiger partial charge on any atom is 0.268 e. The van der Waals surface area contributed by atoms with E-state index in [2.05, 4.69) is 104 Å². The van der Waals surface area contributed by atoms with Crippen LogP contribution in [0.3, 0.4) is 0 Å². The van der Waals surface area contributed by atoms with E-state index in [0.717, 1.165) is 83.5 Å². The molecule has 0 radical (unpaired) electrons. The van der Waals surface area contributed by atoms with Gasteiger partial charge >= 0.3 is 0 Å². The number of amides is 1. The maximum absolute atomic E-state index is 13.0. The lowest BCUT2D eigenvalue weighted by Crippen LogP contribution is -2.45. The third kappa shape index (κ3) is 58.9. The largest absolute Gasteiger partial charge is 0.756 e. The lowest BCUT2D eigenvalue weighted by Gasteiger charge is -2.29. The van der Waals surface area contributed by atoms with Gasteiger partial charge < -0.3 is 28.8 Å². The molecule has 0 aromatic carbocycles. The molecule has 2 N–H and O–H groups in total. The van der Waals surface area contributed by atoms with Crippen molar-refractivity contribution in [2.75, 3.05) is 40.9 Å². The standard InChI is InChI=1S/C66H119N2O6P/c1-6-8-10-12-14-16-18-20-22-24-26-28-30-32-33-34-35-36-38-40-42-44-46-48-50-52-54-56-58-60-66(70)67-64(63-74-75(71,72)73-62-61-68(3,4)5)65(69)59-57-55-53-51-49-47-45-43-41-39-37-31-29-27-25-23-21-19-17-15-13-11-9-7-2/h8,10,14,16,20,22,26,28,32-33,35-36,49,51,57,59,64-65,69H,6-7,9,11-13,15,17-19,21,23-25,27,29-31,34,37-48,50,52-56,58,60-63H2,1-5H3,(H-,67,70,71,72)/b10-8-,16-14-,22-20-,28-26-,33-32-,36-35-,51-49+,59-57+. The fraction of sp³-hybridized carbons (Fsp3) is 0.742. The predicted molar refractivity (Wildman–Crippen MR) is 325 cm³/mol. The highest BCUT2D eigenvalue weighted by Crippen LogP contribution is 2.38. The van der Waals surface area contributed by atoms with Gasteiger partial charge in [0.25, 0.3) is 7.82 Å². The molecule has 0 aliphatic carbocycles. The van der Waals surface area contributed by atoms with Crippen LogP contribution in [-0.4, -0.2) is 68.5 Å². The van der Waals surface area contributed by atoms with Crippen molar-refractivity contribution >= 4 is 13.7 Å². The number of rotatable bonds is 56. The lowest BCUT2D eigenvalue weighted by atomic mass is 10.0. The Hall–Kier alpha value is -2.58. The average Bonchev–Trinajstić information content (AvgIpc) is 3.37. The number of hydrogen-bond donors (Lipinski definition) is 2. The molecule has 0 aliphatic heterocycles. The lowest BCUT2D eigenvalue weighted by molar-refractivity contribution is -0.870. The van der Waals surface area contributed by atoms with E-state index >= 15 is 0 Å². The molecule has 8 nitrogen and oxygen atoms in total. The third-order valence-electron chi connectivity index (χ3n) is 13.5. The molecule has 0 bridgehead atoms. The summed E-state index contributed by atoms with van der Waals surface area (Å²) in [6.07, 6.45) is 80.7. The number of carbonyl (C=O) groups is 1. The molecule has 0 fully saturated rings. The van der Waals surface area contributed by atoms with Gasteiger partial charge in [-0.1, -0.05) is 272 Å². The van der Waals surface area contributed by atoms with Gasteiger partial charge in [-0.2, -0.15) is 0 Å². The number of quaternary nitrogens is 1. The summed E-state index contributed by atoms with van der Waals surface area (Å²) in [6.45, 7) is 4.53. The van der Waals surface area contributed by atoms with Gasteiger partial charge in [-0.05, 0) is 83.5 Å². The summed E-state index contributed by atoms with van der Waals surface area (Å²) in [5.74, 6) is -0.214. The Kier molecular flexibility index (Phi) is 54.2. The van der Waals surface area contributed by atoms with E-state index in [9.17, 15) is 19.4 Å². The van der Waals surface area contributed by atoms with Crippen LogP contribution in [0.2, 0.25) is 0 Å². The van der Waals surface area contributed by atoms with Crippen LogP contribution in [0.5, 0.6) is 0 Å². The van der Waals surface area contributed by atoms with Gasteiger partial charge in [0.15, 0.2) is 0 Å². The van der Waals surface area contributed by atoms with Crippen LogP contribution in [-0.2, 0) is 18.4 Å². The van der Waals surface area contributed by atoms with Gasteiger partial charge in [0.2, 0.25) is 5.91 Å². The van der Waals surface area contributed by atoms with Crippen molar-refractivity contribution in [3.63, 3.8) is 0 Å². The number of likely N-dealkylation sites (N-methyl/N-ethyl adjacent to an activating group) is 1. The molecule has 434 valence electrons. The first-order valence-electron chi connectivity index (χ1n) is 31.1. The van der Waals surface area contributed by atoms with Crippen LogP contribution < -0.4 is 10.2 Å². The summed E-state index contributed by atoms with van der Waals surface area (Å²) in [6, 6.07) is -0.913. The molecule has 0 aromatic rings. The normalized spacial score (nSPS) is 14.5. The summed E-state index contributed by atoms with van der Waals surface area (Å²) in [4.78, 5) is 25.6. The summed E-state index contributed by atoms with van der Waals surface area (Å²) in [7, 11) is 1.23. The van der Waals surface area contributed by atoms with Crippen molar-refractivity contribution in [1.29, 1.82) is 0 Å². The fourth-order valence-electron chi connectivity index (χ4n) is 8.70. The van der Waals surface area contributed by atoms with Gasteiger partial charge in [0.1, 0.15) is 13.2 Å². The summed E-state index contributed by atoms with van der Waals surface area (Å²) >= 11 is 0. The molecule has 1 amide bonds. The minimum atomic E-state index is -4.62. The number of nitrogens with one attached hydrogen (secondary N) is 1. The molecule has 0 aliphatic rings. The number of unbranched alkanes of at least 4 members (excludes halogenated alkanes) is 29. The van der Waals surface area contributed by atoms with Gasteiger partial charge in [-0.3, -0.25) is 9.36 Å². The highest BCUT2D eigenvalue weighted by atomic mass is 31.2. The Bertz CT molecular complexity index is 1540. The first-order chi connectivity index (χ1) is 36.5. The molecule has 0 saturated heterocycles. The zero-order valence-electron chi connectivity index (χ0n) is 49.5. The zero-order valence-corrected chi connectivity index (χ0v) is 50.4. The van der Waals surface area contributed by atoms with E-state index < -0.39 is 26.6 Å². The van der Waals surface area contributed by atoms with Gasteiger partial charge in [-0.25, -0.2) is 0 Å². The minimum absolute atomic E-state index is 0.0114. The monoisotopic (exact) mass is 1070 g/mol.